The number of hydrogen-bond acceptors (Lipinski definition) is 2. The summed E-state index contributed by atoms with van der Waals surface area (Å²) in [5.41, 5.74) is 2.69. The highest BCUT2D eigenvalue weighted by atomic mass is 35.5. The molecular weight excluding hydrogens is 246 g/mol. The third kappa shape index (κ3) is 2.27. The van der Waals surface area contributed by atoms with Crippen LogP contribution in [0.2, 0.25) is 5.28 Å². The van der Waals surface area contributed by atoms with E-state index in [-0.39, 0.29) is 0 Å². The maximum absolute atomic E-state index is 6.11. The predicted octanol–water partition coefficient (Wildman–Crippen LogP) is 3.36. The molecule has 94 valence electrons. The van der Waals surface area contributed by atoms with Crippen LogP contribution in [0.4, 0.5) is 0 Å². The van der Waals surface area contributed by atoms with Crippen LogP contribution in [0.25, 0.3) is 0 Å². The molecule has 1 aliphatic rings. The maximum atomic E-state index is 6.11. The second kappa shape index (κ2) is 4.73. The van der Waals surface area contributed by atoms with Gasteiger partial charge in [-0.05, 0) is 48.9 Å². The third-order valence-electron chi connectivity index (χ3n) is 3.54. The molecular formula is C14H16ClN3. The van der Waals surface area contributed by atoms with Crippen molar-refractivity contribution in [3.8, 4) is 0 Å². The van der Waals surface area contributed by atoms with Crippen LogP contribution in [0.5, 0.6) is 0 Å². The second-order valence-electron chi connectivity index (χ2n) is 4.93. The van der Waals surface area contributed by atoms with Gasteiger partial charge >= 0.3 is 0 Å². The number of aryl methyl sites for hydroxylation is 2. The average Bonchev–Trinajstić information content (AvgIpc) is 3.14. The molecule has 1 aromatic carbocycles. The van der Waals surface area contributed by atoms with Crippen molar-refractivity contribution in [1.29, 1.82) is 0 Å². The molecule has 0 amide bonds. The Morgan fingerprint density at radius 1 is 1.28 bits per heavy atom. The number of aromatic nitrogens is 3. The van der Waals surface area contributed by atoms with Crippen molar-refractivity contribution in [2.75, 3.05) is 0 Å². The summed E-state index contributed by atoms with van der Waals surface area (Å²) in [7, 11) is 0. The summed E-state index contributed by atoms with van der Waals surface area (Å²) >= 11 is 6.11. The fourth-order valence-corrected chi connectivity index (χ4v) is 2.48. The zero-order valence-electron chi connectivity index (χ0n) is 10.4. The molecule has 3 rings (SSSR count). The molecule has 0 aliphatic heterocycles. The Bertz CT molecular complexity index is 558. The van der Waals surface area contributed by atoms with Gasteiger partial charge in [-0.1, -0.05) is 24.3 Å². The summed E-state index contributed by atoms with van der Waals surface area (Å²) in [5.74, 6) is 1.65. The highest BCUT2D eigenvalue weighted by Crippen LogP contribution is 2.39. The summed E-state index contributed by atoms with van der Waals surface area (Å²) in [6.45, 7) is 3.01. The lowest BCUT2D eigenvalue weighted by Crippen LogP contribution is -2.06. The van der Waals surface area contributed by atoms with E-state index in [0.717, 1.165) is 18.8 Å². The maximum Gasteiger partial charge on any atom is 0.225 e. The first-order chi connectivity index (χ1) is 8.75. The van der Waals surface area contributed by atoms with Crippen LogP contribution in [0.15, 0.2) is 24.3 Å². The molecule has 1 fully saturated rings. The minimum atomic E-state index is 0.519. The summed E-state index contributed by atoms with van der Waals surface area (Å²) in [5, 5.41) is 8.70. The number of rotatable bonds is 4. The molecule has 0 N–H and O–H groups in total. The van der Waals surface area contributed by atoms with Crippen molar-refractivity contribution in [2.24, 2.45) is 0 Å². The lowest BCUT2D eigenvalue weighted by atomic mass is 10.1. The molecule has 3 nitrogen and oxygen atoms in total. The largest absolute Gasteiger partial charge is 0.301 e. The molecule has 18 heavy (non-hydrogen) atoms. The van der Waals surface area contributed by atoms with Crippen molar-refractivity contribution in [3.05, 3.63) is 46.5 Å². The van der Waals surface area contributed by atoms with Crippen LogP contribution in [-0.4, -0.2) is 14.8 Å². The first-order valence-electron chi connectivity index (χ1n) is 6.39. The lowest BCUT2D eigenvalue weighted by Gasteiger charge is -2.09. The summed E-state index contributed by atoms with van der Waals surface area (Å²) < 4.78 is 2.06. The van der Waals surface area contributed by atoms with Crippen LogP contribution in [0.1, 0.15) is 35.7 Å². The van der Waals surface area contributed by atoms with Gasteiger partial charge in [0.05, 0.1) is 0 Å². The Kier molecular flexibility index (Phi) is 3.08. The second-order valence-corrected chi connectivity index (χ2v) is 5.27. The van der Waals surface area contributed by atoms with Gasteiger partial charge in [-0.25, -0.2) is 0 Å². The van der Waals surface area contributed by atoms with Crippen LogP contribution in [0.3, 0.4) is 0 Å². The van der Waals surface area contributed by atoms with Crippen molar-refractivity contribution in [1.82, 2.24) is 14.8 Å². The van der Waals surface area contributed by atoms with Crippen LogP contribution >= 0.6 is 11.6 Å². The highest BCUT2D eigenvalue weighted by molar-refractivity contribution is 6.28. The minimum Gasteiger partial charge on any atom is -0.301 e. The van der Waals surface area contributed by atoms with Gasteiger partial charge in [0.2, 0.25) is 5.28 Å². The Hall–Kier alpha value is -1.35. The molecule has 0 bridgehead atoms. The molecule has 1 saturated carbocycles. The van der Waals surface area contributed by atoms with E-state index in [2.05, 4.69) is 46.0 Å². The van der Waals surface area contributed by atoms with Crippen molar-refractivity contribution in [3.63, 3.8) is 0 Å². The smallest absolute Gasteiger partial charge is 0.225 e. The zero-order valence-corrected chi connectivity index (χ0v) is 11.2. The highest BCUT2D eigenvalue weighted by Gasteiger charge is 2.29. The van der Waals surface area contributed by atoms with Gasteiger partial charge in [0, 0.05) is 12.5 Å². The SMILES string of the molecule is Cc1ccccc1CCn1c(Cl)nnc1C1CC1. The van der Waals surface area contributed by atoms with E-state index in [1.54, 1.807) is 0 Å². The molecule has 4 heteroatoms. The number of nitrogens with zero attached hydrogens (tertiary/aromatic N) is 3. The Labute approximate surface area is 112 Å². The standard InChI is InChI=1S/C14H16ClN3/c1-10-4-2-3-5-11(10)8-9-18-13(12-6-7-12)16-17-14(18)15/h2-5,12H,6-9H2,1H3. The van der Waals surface area contributed by atoms with Gasteiger partial charge < -0.3 is 4.57 Å². The van der Waals surface area contributed by atoms with E-state index >= 15 is 0 Å². The molecule has 1 aromatic heterocycles. The average molecular weight is 262 g/mol. The Morgan fingerprint density at radius 3 is 2.78 bits per heavy atom. The monoisotopic (exact) mass is 261 g/mol. The predicted molar refractivity (Wildman–Crippen MR) is 71.9 cm³/mol. The normalized spacial score (nSPS) is 15.0. The minimum absolute atomic E-state index is 0.519. The number of halogens is 1. The fourth-order valence-electron chi connectivity index (χ4n) is 2.27. The third-order valence-corrected chi connectivity index (χ3v) is 3.82. The lowest BCUT2D eigenvalue weighted by molar-refractivity contribution is 0.651. The van der Waals surface area contributed by atoms with Crippen molar-refractivity contribution in [2.45, 2.75) is 38.6 Å². The van der Waals surface area contributed by atoms with Gasteiger partial charge in [-0.3, -0.25) is 0 Å². The van der Waals surface area contributed by atoms with E-state index in [9.17, 15) is 0 Å². The van der Waals surface area contributed by atoms with Crippen LogP contribution in [-0.2, 0) is 13.0 Å². The molecule has 0 saturated heterocycles. The first kappa shape index (κ1) is 11.7. The van der Waals surface area contributed by atoms with Crippen molar-refractivity contribution < 1.29 is 0 Å². The van der Waals surface area contributed by atoms with E-state index in [4.69, 9.17) is 11.6 Å². The molecule has 1 aliphatic carbocycles. The Balaban J connectivity index is 1.77. The number of hydrogen-bond donors (Lipinski definition) is 0. The molecule has 0 unspecified atom stereocenters. The van der Waals surface area contributed by atoms with Gasteiger partial charge in [0.1, 0.15) is 5.82 Å². The quantitative estimate of drug-likeness (QED) is 0.845. The van der Waals surface area contributed by atoms with E-state index in [1.165, 1.54) is 24.0 Å². The molecule has 0 atom stereocenters. The summed E-state index contributed by atoms with van der Waals surface area (Å²) in [6.07, 6.45) is 3.42. The van der Waals surface area contributed by atoms with Crippen LogP contribution in [0, 0.1) is 6.92 Å². The summed E-state index contributed by atoms with van der Waals surface area (Å²) in [6, 6.07) is 8.47. The molecule has 0 radical (unpaired) electrons. The van der Waals surface area contributed by atoms with Crippen molar-refractivity contribution >= 4 is 11.6 Å². The molecule has 2 aromatic rings. The fraction of sp³-hybridized carbons (Fsp3) is 0.429. The molecule has 0 spiro atoms. The first-order valence-corrected chi connectivity index (χ1v) is 6.76. The number of benzene rings is 1. The van der Waals surface area contributed by atoms with Gasteiger partial charge in [0.25, 0.3) is 0 Å². The van der Waals surface area contributed by atoms with E-state index < -0.39 is 0 Å². The van der Waals surface area contributed by atoms with Crippen LogP contribution < -0.4 is 0 Å². The zero-order chi connectivity index (χ0) is 12.5. The molecule has 1 heterocycles. The van der Waals surface area contributed by atoms with Gasteiger partial charge in [-0.2, -0.15) is 0 Å². The topological polar surface area (TPSA) is 30.7 Å². The summed E-state index contributed by atoms with van der Waals surface area (Å²) in [4.78, 5) is 0. The van der Waals surface area contributed by atoms with Gasteiger partial charge in [0.15, 0.2) is 0 Å². The van der Waals surface area contributed by atoms with Gasteiger partial charge in [-0.15, -0.1) is 10.2 Å². The van der Waals surface area contributed by atoms with E-state index in [0.29, 0.717) is 11.2 Å². The van der Waals surface area contributed by atoms with E-state index in [1.807, 2.05) is 0 Å². The Morgan fingerprint density at radius 2 is 2.06 bits per heavy atom.